The maximum atomic E-state index is 11.3. The van der Waals surface area contributed by atoms with Gasteiger partial charge < -0.3 is 20.9 Å². The lowest BCUT2D eigenvalue weighted by atomic mass is 9.99. The average molecular weight is 264 g/mol. The summed E-state index contributed by atoms with van der Waals surface area (Å²) in [6, 6.07) is 7.45. The van der Waals surface area contributed by atoms with Crippen LogP contribution in [-0.2, 0) is 4.79 Å². The summed E-state index contributed by atoms with van der Waals surface area (Å²) in [5.74, 6) is 1.04. The quantitative estimate of drug-likeness (QED) is 0.836. The molecule has 1 amide bonds. The summed E-state index contributed by atoms with van der Waals surface area (Å²) in [5, 5.41) is 0. The Bertz CT molecular complexity index is 464. The zero-order valence-electron chi connectivity index (χ0n) is 11.1. The monoisotopic (exact) mass is 264 g/mol. The second-order valence-corrected chi connectivity index (χ2v) is 4.91. The first-order chi connectivity index (χ1) is 9.03. The highest BCUT2D eigenvalue weighted by Gasteiger charge is 2.41. The molecule has 0 spiro atoms. The molecule has 0 bridgehead atoms. The Kier molecular flexibility index (Phi) is 3.95. The second-order valence-electron chi connectivity index (χ2n) is 4.91. The molecule has 5 nitrogen and oxygen atoms in total. The number of carbonyl (C=O) groups excluding carboxylic acids is 1. The molecule has 0 aliphatic heterocycles. The number of nitrogens with two attached hydrogens (primary N) is 2. The van der Waals surface area contributed by atoms with Crippen LogP contribution in [0.3, 0.4) is 0 Å². The van der Waals surface area contributed by atoms with Crippen molar-refractivity contribution < 1.29 is 14.3 Å². The largest absolute Gasteiger partial charge is 0.494 e. The van der Waals surface area contributed by atoms with Crippen LogP contribution < -0.4 is 20.9 Å². The fourth-order valence-electron chi connectivity index (χ4n) is 2.35. The molecule has 1 fully saturated rings. The second kappa shape index (κ2) is 5.48. The van der Waals surface area contributed by atoms with E-state index in [1.165, 1.54) is 0 Å². The molecule has 1 aliphatic carbocycles. The van der Waals surface area contributed by atoms with Crippen molar-refractivity contribution in [1.29, 1.82) is 0 Å². The number of carbonyl (C=O) groups is 1. The number of ether oxygens (including phenoxy) is 2. The van der Waals surface area contributed by atoms with Crippen molar-refractivity contribution in [3.63, 3.8) is 0 Å². The summed E-state index contributed by atoms with van der Waals surface area (Å²) in [6.07, 6.45) is 1.69. The summed E-state index contributed by atoms with van der Waals surface area (Å²) in [4.78, 5) is 11.3. The number of primary amides is 1. The Balaban J connectivity index is 1.99. The predicted octanol–water partition coefficient (Wildman–Crippen LogP) is 1.20. The van der Waals surface area contributed by atoms with Crippen LogP contribution in [0.15, 0.2) is 24.3 Å². The maximum absolute atomic E-state index is 11.3. The molecule has 0 radical (unpaired) electrons. The van der Waals surface area contributed by atoms with E-state index in [9.17, 15) is 4.79 Å². The van der Waals surface area contributed by atoms with E-state index in [2.05, 4.69) is 0 Å². The number of hydrogen-bond donors (Lipinski definition) is 2. The van der Waals surface area contributed by atoms with Crippen LogP contribution in [0.1, 0.15) is 26.2 Å². The maximum Gasteiger partial charge on any atom is 0.237 e. The van der Waals surface area contributed by atoms with Crippen molar-refractivity contribution in [2.45, 2.75) is 37.8 Å². The minimum atomic E-state index is -0.928. The Morgan fingerprint density at radius 2 is 2.21 bits per heavy atom. The zero-order chi connectivity index (χ0) is 13.9. The van der Waals surface area contributed by atoms with Crippen molar-refractivity contribution in [3.8, 4) is 11.5 Å². The summed E-state index contributed by atoms with van der Waals surface area (Å²) in [5.41, 5.74) is 10.3. The summed E-state index contributed by atoms with van der Waals surface area (Å²) >= 11 is 0. The molecule has 1 aliphatic rings. The molecule has 2 atom stereocenters. The minimum Gasteiger partial charge on any atom is -0.494 e. The first kappa shape index (κ1) is 13.7. The lowest BCUT2D eigenvalue weighted by molar-refractivity contribution is -0.123. The molecular formula is C14H20N2O3. The highest BCUT2D eigenvalue weighted by atomic mass is 16.5. The van der Waals surface area contributed by atoms with Gasteiger partial charge in [0.15, 0.2) is 0 Å². The van der Waals surface area contributed by atoms with Gasteiger partial charge in [0.25, 0.3) is 0 Å². The van der Waals surface area contributed by atoms with Gasteiger partial charge in [-0.05, 0) is 31.9 Å². The summed E-state index contributed by atoms with van der Waals surface area (Å²) < 4.78 is 11.3. The van der Waals surface area contributed by atoms with E-state index in [1.54, 1.807) is 0 Å². The van der Waals surface area contributed by atoms with Gasteiger partial charge in [-0.3, -0.25) is 4.79 Å². The molecular weight excluding hydrogens is 244 g/mol. The fourth-order valence-corrected chi connectivity index (χ4v) is 2.35. The van der Waals surface area contributed by atoms with E-state index in [0.29, 0.717) is 19.4 Å². The van der Waals surface area contributed by atoms with Crippen LogP contribution in [-0.4, -0.2) is 24.2 Å². The lowest BCUT2D eigenvalue weighted by Gasteiger charge is -2.20. The summed E-state index contributed by atoms with van der Waals surface area (Å²) in [6.45, 7) is 2.54. The van der Waals surface area contributed by atoms with Gasteiger partial charge in [-0.1, -0.05) is 6.07 Å². The highest BCUT2D eigenvalue weighted by molar-refractivity contribution is 5.84. The van der Waals surface area contributed by atoms with Gasteiger partial charge >= 0.3 is 0 Å². The van der Waals surface area contributed by atoms with E-state index >= 15 is 0 Å². The normalized spacial score (nSPS) is 26.1. The first-order valence-electron chi connectivity index (χ1n) is 6.52. The van der Waals surface area contributed by atoms with E-state index in [4.69, 9.17) is 20.9 Å². The lowest BCUT2D eigenvalue weighted by Crippen LogP contribution is -2.50. The van der Waals surface area contributed by atoms with Crippen molar-refractivity contribution >= 4 is 5.91 Å². The third kappa shape index (κ3) is 3.17. The molecule has 0 saturated heterocycles. The van der Waals surface area contributed by atoms with Crippen molar-refractivity contribution in [3.05, 3.63) is 24.3 Å². The summed E-state index contributed by atoms with van der Waals surface area (Å²) in [7, 11) is 0. The Labute approximate surface area is 112 Å². The third-order valence-corrected chi connectivity index (χ3v) is 3.41. The number of benzene rings is 1. The number of rotatable bonds is 5. The van der Waals surface area contributed by atoms with Gasteiger partial charge in [-0.15, -0.1) is 0 Å². The van der Waals surface area contributed by atoms with Gasteiger partial charge in [0.1, 0.15) is 17.6 Å². The smallest absolute Gasteiger partial charge is 0.237 e. The van der Waals surface area contributed by atoms with E-state index in [1.807, 2.05) is 31.2 Å². The fraction of sp³-hybridized carbons (Fsp3) is 0.500. The van der Waals surface area contributed by atoms with E-state index in [-0.39, 0.29) is 6.10 Å². The predicted molar refractivity (Wildman–Crippen MR) is 72.0 cm³/mol. The molecule has 2 unspecified atom stereocenters. The van der Waals surface area contributed by atoms with Crippen molar-refractivity contribution in [2.75, 3.05) is 6.61 Å². The SMILES string of the molecule is CCOc1cccc(OC2CCC(N)(C(N)=O)C2)c1. The van der Waals surface area contributed by atoms with Gasteiger partial charge in [-0.2, -0.15) is 0 Å². The standard InChI is InChI=1S/C14H20N2O3/c1-2-18-10-4-3-5-11(8-10)19-12-6-7-14(16,9-12)13(15)17/h3-5,8,12H,2,6-7,9,16H2,1H3,(H2,15,17). The van der Waals surface area contributed by atoms with Crippen molar-refractivity contribution in [2.24, 2.45) is 11.5 Å². The van der Waals surface area contributed by atoms with Crippen LogP contribution in [0.2, 0.25) is 0 Å². The minimum absolute atomic E-state index is 0.0747. The van der Waals surface area contributed by atoms with Crippen LogP contribution in [0.25, 0.3) is 0 Å². The number of hydrogen-bond acceptors (Lipinski definition) is 4. The van der Waals surface area contributed by atoms with Crippen molar-refractivity contribution in [1.82, 2.24) is 0 Å². The molecule has 1 aromatic rings. The Morgan fingerprint density at radius 1 is 1.47 bits per heavy atom. The van der Waals surface area contributed by atoms with Crippen LogP contribution in [0.4, 0.5) is 0 Å². The molecule has 19 heavy (non-hydrogen) atoms. The molecule has 0 heterocycles. The average Bonchev–Trinajstić information content (AvgIpc) is 2.73. The first-order valence-corrected chi connectivity index (χ1v) is 6.52. The van der Waals surface area contributed by atoms with Gasteiger partial charge in [0, 0.05) is 12.5 Å². The highest BCUT2D eigenvalue weighted by Crippen LogP contribution is 2.31. The van der Waals surface area contributed by atoms with Gasteiger partial charge in [0.05, 0.1) is 12.1 Å². The zero-order valence-corrected chi connectivity index (χ0v) is 11.1. The molecule has 1 aromatic carbocycles. The molecule has 1 saturated carbocycles. The Hall–Kier alpha value is -1.75. The molecule has 2 rings (SSSR count). The molecule has 0 aromatic heterocycles. The topological polar surface area (TPSA) is 87.6 Å². The van der Waals surface area contributed by atoms with Gasteiger partial charge in [0.2, 0.25) is 5.91 Å². The van der Waals surface area contributed by atoms with Crippen LogP contribution in [0, 0.1) is 0 Å². The third-order valence-electron chi connectivity index (χ3n) is 3.41. The molecule has 104 valence electrons. The van der Waals surface area contributed by atoms with E-state index < -0.39 is 11.4 Å². The Morgan fingerprint density at radius 3 is 2.84 bits per heavy atom. The molecule has 5 heteroatoms. The van der Waals surface area contributed by atoms with E-state index in [0.717, 1.165) is 17.9 Å². The van der Waals surface area contributed by atoms with Crippen LogP contribution in [0.5, 0.6) is 11.5 Å². The molecule has 4 N–H and O–H groups in total. The van der Waals surface area contributed by atoms with Gasteiger partial charge in [-0.25, -0.2) is 0 Å². The number of amides is 1. The van der Waals surface area contributed by atoms with Crippen LogP contribution >= 0.6 is 0 Å².